The first-order valence-electron chi connectivity index (χ1n) is 7.77. The largest absolute Gasteiger partial charge is 0.492 e. The van der Waals surface area contributed by atoms with Gasteiger partial charge in [0.1, 0.15) is 5.75 Å². The lowest BCUT2D eigenvalue weighted by atomic mass is 10.0. The summed E-state index contributed by atoms with van der Waals surface area (Å²) in [6.45, 7) is 2.23. The van der Waals surface area contributed by atoms with Crippen molar-refractivity contribution >= 4 is 23.2 Å². The van der Waals surface area contributed by atoms with Crippen LogP contribution in [0.5, 0.6) is 5.75 Å². The summed E-state index contributed by atoms with van der Waals surface area (Å²) in [5.74, 6) is 0.368. The highest BCUT2D eigenvalue weighted by atomic mass is 35.5. The molecule has 0 aliphatic carbocycles. The van der Waals surface area contributed by atoms with Crippen molar-refractivity contribution in [3.63, 3.8) is 0 Å². The van der Waals surface area contributed by atoms with E-state index in [1.807, 2.05) is 7.05 Å². The molecular weight excluding hydrogens is 318 g/mol. The van der Waals surface area contributed by atoms with Crippen LogP contribution in [-0.2, 0) is 11.2 Å². The summed E-state index contributed by atoms with van der Waals surface area (Å²) in [6.07, 6.45) is 1.49. The number of piperidine rings is 1. The van der Waals surface area contributed by atoms with Crippen LogP contribution in [0.15, 0.2) is 6.07 Å². The summed E-state index contributed by atoms with van der Waals surface area (Å²) in [5, 5.41) is 3.46. The fourth-order valence-corrected chi connectivity index (χ4v) is 3.48. The van der Waals surface area contributed by atoms with Crippen molar-refractivity contribution in [3.8, 4) is 5.75 Å². The van der Waals surface area contributed by atoms with Gasteiger partial charge in [0.2, 0.25) is 0 Å². The number of halogens is 1. The van der Waals surface area contributed by atoms with Crippen LogP contribution in [0, 0.1) is 0 Å². The SMILES string of the molecule is COC1CN(C)CCC1NC(=O)c1cc(Cl)c(N)c2c1OCC2. The van der Waals surface area contributed by atoms with Crippen LogP contribution in [0.2, 0.25) is 5.02 Å². The Labute approximate surface area is 140 Å². The number of ether oxygens (including phenoxy) is 2. The number of nitrogens with one attached hydrogen (secondary N) is 1. The van der Waals surface area contributed by atoms with Crippen LogP contribution in [0.25, 0.3) is 0 Å². The summed E-state index contributed by atoms with van der Waals surface area (Å²) in [4.78, 5) is 14.9. The highest BCUT2D eigenvalue weighted by Crippen LogP contribution is 2.38. The second-order valence-corrected chi connectivity index (χ2v) is 6.54. The molecule has 0 saturated carbocycles. The Morgan fingerprint density at radius 3 is 3.09 bits per heavy atom. The Hall–Kier alpha value is -1.50. The predicted octanol–water partition coefficient (Wildman–Crippen LogP) is 1.31. The average molecular weight is 340 g/mol. The maximum absolute atomic E-state index is 12.7. The molecule has 1 aromatic rings. The highest BCUT2D eigenvalue weighted by Gasteiger charge is 2.31. The van der Waals surface area contributed by atoms with Crippen LogP contribution >= 0.6 is 11.6 Å². The van der Waals surface area contributed by atoms with Gasteiger partial charge in [0.25, 0.3) is 5.91 Å². The molecule has 2 unspecified atom stereocenters. The van der Waals surface area contributed by atoms with Crippen LogP contribution in [-0.4, -0.2) is 56.8 Å². The molecule has 126 valence electrons. The first-order valence-corrected chi connectivity index (χ1v) is 8.15. The molecule has 0 aromatic heterocycles. The zero-order valence-electron chi connectivity index (χ0n) is 13.4. The number of carbonyl (C=O) groups excluding carboxylic acids is 1. The van der Waals surface area contributed by atoms with E-state index in [1.165, 1.54) is 0 Å². The second-order valence-electron chi connectivity index (χ2n) is 6.13. The van der Waals surface area contributed by atoms with E-state index in [0.717, 1.165) is 25.1 Å². The van der Waals surface area contributed by atoms with E-state index in [-0.39, 0.29) is 18.1 Å². The standard InChI is InChI=1S/C16H22ClN3O3/c1-20-5-3-12(13(8-20)22-2)19-16(21)10-7-11(17)14(18)9-4-6-23-15(9)10/h7,12-13H,3-6,8,18H2,1-2H3,(H,19,21). The first-order chi connectivity index (χ1) is 11.0. The van der Waals surface area contributed by atoms with Gasteiger partial charge in [-0.1, -0.05) is 11.6 Å². The van der Waals surface area contributed by atoms with Gasteiger partial charge in [-0.3, -0.25) is 4.79 Å². The maximum Gasteiger partial charge on any atom is 0.255 e. The van der Waals surface area contributed by atoms with Gasteiger partial charge in [-0.15, -0.1) is 0 Å². The fourth-order valence-electron chi connectivity index (χ4n) is 3.26. The monoisotopic (exact) mass is 339 g/mol. The average Bonchev–Trinajstić information content (AvgIpc) is 3.02. The molecule has 0 spiro atoms. The van der Waals surface area contributed by atoms with Gasteiger partial charge in [0.15, 0.2) is 0 Å². The third-order valence-corrected chi connectivity index (χ3v) is 4.91. The molecule has 0 bridgehead atoms. The molecule has 1 saturated heterocycles. The first kappa shape index (κ1) is 16.4. The number of likely N-dealkylation sites (N-methyl/N-ethyl adjacent to an activating group) is 1. The number of benzene rings is 1. The topological polar surface area (TPSA) is 76.8 Å². The molecule has 7 heteroatoms. The van der Waals surface area contributed by atoms with Crippen molar-refractivity contribution in [2.24, 2.45) is 0 Å². The minimum absolute atomic E-state index is 0.0305. The van der Waals surface area contributed by atoms with Gasteiger partial charge in [-0.25, -0.2) is 0 Å². The van der Waals surface area contributed by atoms with Crippen molar-refractivity contribution in [3.05, 3.63) is 22.2 Å². The van der Waals surface area contributed by atoms with E-state index in [1.54, 1.807) is 13.2 Å². The zero-order chi connectivity index (χ0) is 16.6. The van der Waals surface area contributed by atoms with Gasteiger partial charge in [0.05, 0.1) is 35.0 Å². The molecule has 3 N–H and O–H groups in total. The van der Waals surface area contributed by atoms with Gasteiger partial charge >= 0.3 is 0 Å². The molecule has 0 radical (unpaired) electrons. The number of hydrogen-bond acceptors (Lipinski definition) is 5. The van der Waals surface area contributed by atoms with Crippen LogP contribution in [0.1, 0.15) is 22.3 Å². The van der Waals surface area contributed by atoms with Crippen molar-refractivity contribution in [2.45, 2.75) is 25.0 Å². The molecule has 6 nitrogen and oxygen atoms in total. The van der Waals surface area contributed by atoms with Gasteiger partial charge in [-0.05, 0) is 26.1 Å². The number of likely N-dealkylation sites (tertiary alicyclic amines) is 1. The summed E-state index contributed by atoms with van der Waals surface area (Å²) in [6, 6.07) is 1.56. The van der Waals surface area contributed by atoms with E-state index in [0.29, 0.717) is 35.1 Å². The van der Waals surface area contributed by atoms with E-state index < -0.39 is 0 Å². The number of nitrogens with two attached hydrogens (primary N) is 1. The number of hydrogen-bond donors (Lipinski definition) is 2. The van der Waals surface area contributed by atoms with Crippen LogP contribution < -0.4 is 15.8 Å². The summed E-state index contributed by atoms with van der Waals surface area (Å²) < 4.78 is 11.1. The smallest absolute Gasteiger partial charge is 0.255 e. The van der Waals surface area contributed by atoms with Crippen LogP contribution in [0.3, 0.4) is 0 Å². The van der Waals surface area contributed by atoms with E-state index in [4.69, 9.17) is 26.8 Å². The molecule has 1 amide bonds. The summed E-state index contributed by atoms with van der Waals surface area (Å²) in [5.41, 5.74) is 7.76. The van der Waals surface area contributed by atoms with E-state index in [2.05, 4.69) is 10.2 Å². The number of nitrogen functional groups attached to an aromatic ring is 1. The molecule has 2 heterocycles. The Kier molecular flexibility index (Phi) is 4.66. The Morgan fingerprint density at radius 2 is 2.35 bits per heavy atom. The predicted molar refractivity (Wildman–Crippen MR) is 89.2 cm³/mol. The lowest BCUT2D eigenvalue weighted by molar-refractivity contribution is 0.0142. The number of nitrogens with zero attached hydrogens (tertiary/aromatic N) is 1. The van der Waals surface area contributed by atoms with Crippen molar-refractivity contribution in [2.75, 3.05) is 39.6 Å². The molecular formula is C16H22ClN3O3. The number of amides is 1. The molecule has 1 fully saturated rings. The molecule has 3 rings (SSSR count). The van der Waals surface area contributed by atoms with E-state index >= 15 is 0 Å². The molecule has 2 aliphatic heterocycles. The maximum atomic E-state index is 12.7. The molecule has 23 heavy (non-hydrogen) atoms. The van der Waals surface area contributed by atoms with Gasteiger partial charge in [0, 0.05) is 25.6 Å². The normalized spacial score (nSPS) is 24.1. The lowest BCUT2D eigenvalue weighted by Crippen LogP contribution is -2.53. The summed E-state index contributed by atoms with van der Waals surface area (Å²) >= 11 is 6.17. The van der Waals surface area contributed by atoms with Crippen molar-refractivity contribution in [1.82, 2.24) is 10.2 Å². The Morgan fingerprint density at radius 1 is 1.57 bits per heavy atom. The fraction of sp³-hybridized carbons (Fsp3) is 0.562. The third kappa shape index (κ3) is 3.11. The quantitative estimate of drug-likeness (QED) is 0.812. The number of rotatable bonds is 3. The Bertz CT molecular complexity index is 623. The van der Waals surface area contributed by atoms with Crippen LogP contribution in [0.4, 0.5) is 5.69 Å². The molecule has 1 aromatic carbocycles. The summed E-state index contributed by atoms with van der Waals surface area (Å²) in [7, 11) is 3.72. The molecule has 2 atom stereocenters. The Balaban J connectivity index is 1.82. The highest BCUT2D eigenvalue weighted by molar-refractivity contribution is 6.33. The minimum atomic E-state index is -0.193. The van der Waals surface area contributed by atoms with Gasteiger partial charge < -0.3 is 25.4 Å². The number of anilines is 1. The number of fused-ring (bicyclic) bond motifs is 1. The third-order valence-electron chi connectivity index (χ3n) is 4.60. The number of methoxy groups -OCH3 is 1. The molecule has 2 aliphatic rings. The van der Waals surface area contributed by atoms with Crippen molar-refractivity contribution in [1.29, 1.82) is 0 Å². The zero-order valence-corrected chi connectivity index (χ0v) is 14.2. The van der Waals surface area contributed by atoms with Crippen molar-refractivity contribution < 1.29 is 14.3 Å². The van der Waals surface area contributed by atoms with Gasteiger partial charge in [-0.2, -0.15) is 0 Å². The lowest BCUT2D eigenvalue weighted by Gasteiger charge is -2.36. The van der Waals surface area contributed by atoms with E-state index in [9.17, 15) is 4.79 Å². The number of carbonyl (C=O) groups is 1. The minimum Gasteiger partial charge on any atom is -0.492 e. The second kappa shape index (κ2) is 6.55.